The molecule has 4 N–H and O–H groups in total. The first kappa shape index (κ1) is 10.2. The summed E-state index contributed by atoms with van der Waals surface area (Å²) in [4.78, 5) is 23.4. The first-order valence-corrected chi connectivity index (χ1v) is 3.47. The number of primary amides is 1. The van der Waals surface area contributed by atoms with Gasteiger partial charge in [0.25, 0.3) is 17.9 Å². The summed E-state index contributed by atoms with van der Waals surface area (Å²) in [6, 6.07) is 0. The van der Waals surface area contributed by atoms with Crippen LogP contribution in [0.25, 0.3) is 0 Å². The Kier molecular flexibility index (Phi) is 2.50. The summed E-state index contributed by atoms with van der Waals surface area (Å²) < 4.78 is 24.6. The molecular weight excluding hydrogens is 198 g/mol. The SMILES string of the molecule is NC(=O)c1c(O)c[nH]c(=O)c1C(F)F. The van der Waals surface area contributed by atoms with Crippen molar-refractivity contribution in [3.63, 3.8) is 0 Å². The summed E-state index contributed by atoms with van der Waals surface area (Å²) in [6.07, 6.45) is -2.44. The van der Waals surface area contributed by atoms with Gasteiger partial charge >= 0.3 is 0 Å². The molecule has 0 saturated heterocycles. The van der Waals surface area contributed by atoms with E-state index in [0.29, 0.717) is 0 Å². The van der Waals surface area contributed by atoms with Gasteiger partial charge in [-0.25, -0.2) is 8.78 Å². The molecule has 0 radical (unpaired) electrons. The van der Waals surface area contributed by atoms with Gasteiger partial charge in [-0.15, -0.1) is 0 Å². The number of halogens is 2. The number of hydrogen-bond acceptors (Lipinski definition) is 3. The Morgan fingerprint density at radius 2 is 2.14 bits per heavy atom. The highest BCUT2D eigenvalue weighted by Crippen LogP contribution is 2.24. The van der Waals surface area contributed by atoms with Gasteiger partial charge in [-0.05, 0) is 0 Å². The number of carbonyl (C=O) groups excluding carboxylic acids is 1. The minimum absolute atomic E-state index is 0.730. The van der Waals surface area contributed by atoms with Crippen molar-refractivity contribution in [1.29, 1.82) is 0 Å². The number of pyridine rings is 1. The topological polar surface area (TPSA) is 96.2 Å². The number of H-pyrrole nitrogens is 1. The van der Waals surface area contributed by atoms with Gasteiger partial charge in [0, 0.05) is 6.20 Å². The number of carbonyl (C=O) groups is 1. The van der Waals surface area contributed by atoms with E-state index >= 15 is 0 Å². The fourth-order valence-corrected chi connectivity index (χ4v) is 1.00. The van der Waals surface area contributed by atoms with Crippen molar-refractivity contribution < 1.29 is 18.7 Å². The van der Waals surface area contributed by atoms with Crippen LogP contribution in [0.1, 0.15) is 22.3 Å². The van der Waals surface area contributed by atoms with Crippen LogP contribution in [0.15, 0.2) is 11.0 Å². The summed E-state index contributed by atoms with van der Waals surface area (Å²) in [5.41, 5.74) is 1.63. The average molecular weight is 204 g/mol. The summed E-state index contributed by atoms with van der Waals surface area (Å²) in [5.74, 6) is -2.05. The second-order valence-corrected chi connectivity index (χ2v) is 2.46. The molecule has 5 nitrogen and oxygen atoms in total. The Morgan fingerprint density at radius 3 is 2.50 bits per heavy atom. The van der Waals surface area contributed by atoms with E-state index in [1.165, 1.54) is 0 Å². The van der Waals surface area contributed by atoms with Gasteiger partial charge in [-0.3, -0.25) is 9.59 Å². The molecule has 76 valence electrons. The van der Waals surface area contributed by atoms with Crippen LogP contribution < -0.4 is 11.3 Å². The number of alkyl halides is 2. The number of amides is 1. The Balaban J connectivity index is 3.58. The zero-order valence-electron chi connectivity index (χ0n) is 6.75. The maximum absolute atomic E-state index is 12.3. The molecule has 0 aliphatic carbocycles. The number of nitrogens with two attached hydrogens (primary N) is 1. The summed E-state index contributed by atoms with van der Waals surface area (Å²) in [5, 5.41) is 9.03. The van der Waals surface area contributed by atoms with Crippen LogP contribution in [-0.4, -0.2) is 16.0 Å². The lowest BCUT2D eigenvalue weighted by Gasteiger charge is -2.05. The molecule has 1 amide bonds. The van der Waals surface area contributed by atoms with E-state index in [-0.39, 0.29) is 0 Å². The van der Waals surface area contributed by atoms with Crippen molar-refractivity contribution in [3.8, 4) is 5.75 Å². The van der Waals surface area contributed by atoms with Crippen molar-refractivity contribution in [1.82, 2.24) is 4.98 Å². The van der Waals surface area contributed by atoms with E-state index in [1.54, 1.807) is 0 Å². The lowest BCUT2D eigenvalue weighted by Crippen LogP contribution is -2.22. The second-order valence-electron chi connectivity index (χ2n) is 2.46. The minimum atomic E-state index is -3.17. The van der Waals surface area contributed by atoms with Crippen LogP contribution in [0.2, 0.25) is 0 Å². The van der Waals surface area contributed by atoms with Gasteiger partial charge in [0.05, 0.1) is 11.1 Å². The van der Waals surface area contributed by atoms with Crippen LogP contribution in [0.5, 0.6) is 5.75 Å². The van der Waals surface area contributed by atoms with Gasteiger partial charge in [0.15, 0.2) is 0 Å². The van der Waals surface area contributed by atoms with Crippen molar-refractivity contribution in [2.75, 3.05) is 0 Å². The molecule has 0 aromatic carbocycles. The molecule has 0 spiro atoms. The molecule has 1 heterocycles. The molecule has 0 fully saturated rings. The van der Waals surface area contributed by atoms with Crippen LogP contribution in [-0.2, 0) is 0 Å². The molecule has 0 bridgehead atoms. The molecule has 14 heavy (non-hydrogen) atoms. The third kappa shape index (κ3) is 1.56. The Labute approximate surface area is 76.2 Å². The van der Waals surface area contributed by atoms with Crippen molar-refractivity contribution in [3.05, 3.63) is 27.7 Å². The van der Waals surface area contributed by atoms with Gasteiger partial charge in [0.2, 0.25) is 0 Å². The highest BCUT2D eigenvalue weighted by atomic mass is 19.3. The summed E-state index contributed by atoms with van der Waals surface area (Å²) in [6.45, 7) is 0. The van der Waals surface area contributed by atoms with Gasteiger partial charge in [0.1, 0.15) is 5.75 Å². The predicted octanol–water partition coefficient (Wildman–Crippen LogP) is 0.117. The van der Waals surface area contributed by atoms with E-state index in [1.807, 2.05) is 4.98 Å². The lowest BCUT2D eigenvalue weighted by molar-refractivity contribution is 0.0981. The number of rotatable bonds is 2. The standard InChI is InChI=1S/C7H6F2N2O3/c8-5(9)4-3(6(10)13)2(12)1-11-7(4)14/h1,5,12H,(H2,10,13)(H,11,14). The first-order valence-electron chi connectivity index (χ1n) is 3.47. The van der Waals surface area contributed by atoms with E-state index in [0.717, 1.165) is 6.20 Å². The van der Waals surface area contributed by atoms with E-state index in [4.69, 9.17) is 10.8 Å². The Bertz CT molecular complexity index is 427. The maximum atomic E-state index is 12.3. The summed E-state index contributed by atoms with van der Waals surface area (Å²) >= 11 is 0. The normalized spacial score (nSPS) is 10.5. The smallest absolute Gasteiger partial charge is 0.270 e. The Hall–Kier alpha value is -1.92. The number of hydrogen-bond donors (Lipinski definition) is 3. The third-order valence-corrected chi connectivity index (χ3v) is 1.57. The van der Waals surface area contributed by atoms with Gasteiger partial charge < -0.3 is 15.8 Å². The number of nitrogens with one attached hydrogen (secondary N) is 1. The molecule has 1 aromatic heterocycles. The average Bonchev–Trinajstić information content (AvgIpc) is 2.07. The zero-order valence-corrected chi connectivity index (χ0v) is 6.75. The number of aromatic hydroxyl groups is 1. The van der Waals surface area contributed by atoms with E-state index in [2.05, 4.69) is 0 Å². The molecule has 0 saturated carbocycles. The van der Waals surface area contributed by atoms with E-state index < -0.39 is 34.8 Å². The molecule has 7 heteroatoms. The van der Waals surface area contributed by atoms with Crippen LogP contribution in [0.4, 0.5) is 8.78 Å². The van der Waals surface area contributed by atoms with Crippen LogP contribution >= 0.6 is 0 Å². The predicted molar refractivity (Wildman–Crippen MR) is 42.2 cm³/mol. The van der Waals surface area contributed by atoms with Crippen LogP contribution in [0, 0.1) is 0 Å². The number of aromatic amines is 1. The van der Waals surface area contributed by atoms with E-state index in [9.17, 15) is 18.4 Å². The molecule has 0 aliphatic rings. The monoisotopic (exact) mass is 204 g/mol. The molecule has 1 rings (SSSR count). The lowest BCUT2D eigenvalue weighted by atomic mass is 10.1. The maximum Gasteiger partial charge on any atom is 0.270 e. The second kappa shape index (κ2) is 3.44. The fraction of sp³-hybridized carbons (Fsp3) is 0.143. The summed E-state index contributed by atoms with van der Waals surface area (Å²) in [7, 11) is 0. The highest BCUT2D eigenvalue weighted by Gasteiger charge is 2.23. The van der Waals surface area contributed by atoms with Crippen molar-refractivity contribution in [2.24, 2.45) is 5.73 Å². The van der Waals surface area contributed by atoms with Gasteiger partial charge in [-0.1, -0.05) is 0 Å². The first-order chi connectivity index (χ1) is 6.45. The van der Waals surface area contributed by atoms with Crippen molar-refractivity contribution >= 4 is 5.91 Å². The van der Waals surface area contributed by atoms with Crippen LogP contribution in [0.3, 0.4) is 0 Å². The molecule has 0 aliphatic heterocycles. The quantitative estimate of drug-likeness (QED) is 0.638. The minimum Gasteiger partial charge on any atom is -0.506 e. The molecular formula is C7H6F2N2O3. The molecule has 0 atom stereocenters. The largest absolute Gasteiger partial charge is 0.506 e. The highest BCUT2D eigenvalue weighted by molar-refractivity contribution is 5.96. The Morgan fingerprint density at radius 1 is 1.57 bits per heavy atom. The number of aromatic nitrogens is 1. The molecule has 1 aromatic rings. The molecule has 0 unspecified atom stereocenters. The fourth-order valence-electron chi connectivity index (χ4n) is 1.00. The van der Waals surface area contributed by atoms with Gasteiger partial charge in [-0.2, -0.15) is 0 Å². The zero-order chi connectivity index (χ0) is 10.9. The third-order valence-electron chi connectivity index (χ3n) is 1.57. The van der Waals surface area contributed by atoms with Crippen molar-refractivity contribution in [2.45, 2.75) is 6.43 Å².